The van der Waals surface area contributed by atoms with E-state index in [0.717, 1.165) is 43.8 Å². The Bertz CT molecular complexity index is 1590. The minimum Gasteiger partial charge on any atom is -0.488 e. The largest absolute Gasteiger partial charge is 0.488 e. The second kappa shape index (κ2) is 13.3. The van der Waals surface area contributed by atoms with Gasteiger partial charge in [0, 0.05) is 28.2 Å². The molecular weight excluding hydrogens is 608 g/mol. The van der Waals surface area contributed by atoms with Crippen LogP contribution in [0.4, 0.5) is 0 Å². The first-order valence-corrected chi connectivity index (χ1v) is 14.2. The number of nitrogens with one attached hydrogen (secondary N) is 1. The lowest BCUT2D eigenvalue weighted by molar-refractivity contribution is 0.154. The van der Waals surface area contributed by atoms with Gasteiger partial charge in [0.1, 0.15) is 44.2 Å². The molecule has 1 atom stereocenters. The third-order valence-corrected chi connectivity index (χ3v) is 7.70. The minimum absolute atomic E-state index is 0.251. The Morgan fingerprint density at radius 1 is 0.951 bits per heavy atom. The molecule has 7 nitrogen and oxygen atoms in total. The zero-order chi connectivity index (χ0) is 28.8. The molecule has 9 heteroatoms. The molecule has 1 aliphatic heterocycles. The van der Waals surface area contributed by atoms with Gasteiger partial charge in [-0.3, -0.25) is 5.32 Å². The molecule has 0 bridgehead atoms. The minimum atomic E-state index is -0.705. The van der Waals surface area contributed by atoms with Crippen LogP contribution in [0.3, 0.4) is 0 Å². The van der Waals surface area contributed by atoms with Crippen molar-refractivity contribution in [2.75, 3.05) is 13.2 Å². The fraction of sp³-hybridized carbons (Fsp3) is 0.219. The maximum absolute atomic E-state index is 9.74. The van der Waals surface area contributed by atoms with Gasteiger partial charge in [-0.2, -0.15) is 5.26 Å². The number of rotatable bonds is 10. The van der Waals surface area contributed by atoms with Crippen molar-refractivity contribution < 1.29 is 24.1 Å². The van der Waals surface area contributed by atoms with Gasteiger partial charge in [0.25, 0.3) is 0 Å². The number of halogens is 2. The average molecular weight is 636 g/mol. The molecule has 0 fully saturated rings. The average Bonchev–Trinajstić information content (AvgIpc) is 2.99. The Kier molecular flexibility index (Phi) is 9.32. The summed E-state index contributed by atoms with van der Waals surface area (Å²) in [6, 6.07) is 24.8. The second-order valence-electron chi connectivity index (χ2n) is 9.47. The number of benzene rings is 4. The first kappa shape index (κ1) is 28.8. The van der Waals surface area contributed by atoms with Gasteiger partial charge in [0.15, 0.2) is 11.5 Å². The molecule has 1 unspecified atom stereocenters. The van der Waals surface area contributed by atoms with E-state index in [0.29, 0.717) is 41.8 Å². The lowest BCUT2D eigenvalue weighted by Gasteiger charge is -2.19. The third kappa shape index (κ3) is 7.13. The Morgan fingerprint density at radius 3 is 2.54 bits per heavy atom. The fourth-order valence-electron chi connectivity index (χ4n) is 4.39. The number of hydrogen-bond acceptors (Lipinski definition) is 7. The Balaban J connectivity index is 1.36. The highest BCUT2D eigenvalue weighted by Gasteiger charge is 2.17. The number of fused-ring (bicyclic) bond motifs is 1. The van der Waals surface area contributed by atoms with E-state index in [1.807, 2.05) is 48.5 Å². The lowest BCUT2D eigenvalue weighted by Crippen LogP contribution is -2.24. The molecule has 4 aromatic carbocycles. The smallest absolute Gasteiger partial charge is 0.161 e. The van der Waals surface area contributed by atoms with Crippen LogP contribution in [0, 0.1) is 11.3 Å². The molecule has 0 radical (unpaired) electrons. The van der Waals surface area contributed by atoms with Gasteiger partial charge in [-0.1, -0.05) is 48.0 Å². The highest BCUT2D eigenvalue weighted by atomic mass is 79.9. The highest BCUT2D eigenvalue weighted by molar-refractivity contribution is 9.10. The summed E-state index contributed by atoms with van der Waals surface area (Å²) in [5.74, 6) is 2.49. The number of ether oxygens (including phenoxy) is 4. The van der Waals surface area contributed by atoms with Gasteiger partial charge < -0.3 is 24.1 Å². The number of aliphatic hydroxyl groups excluding tert-OH is 1. The Hall–Kier alpha value is -3.74. The van der Waals surface area contributed by atoms with Crippen molar-refractivity contribution in [1.29, 1.82) is 5.26 Å². The number of hydrogen-bond donors (Lipinski definition) is 2. The Morgan fingerprint density at radius 2 is 1.73 bits per heavy atom. The van der Waals surface area contributed by atoms with E-state index in [1.165, 1.54) is 0 Å². The SMILES string of the molecule is CC(O)NCc1cc(Cl)c(OCc2cccc(-c3ccc4c(c3)OCCO4)c2Br)cc1OCc1cccc(C#N)c1. The van der Waals surface area contributed by atoms with Crippen molar-refractivity contribution in [2.45, 2.75) is 32.9 Å². The van der Waals surface area contributed by atoms with E-state index in [9.17, 15) is 10.4 Å². The summed E-state index contributed by atoms with van der Waals surface area (Å²) in [6.07, 6.45) is -0.705. The predicted octanol–water partition coefficient (Wildman–Crippen LogP) is 7.00. The van der Waals surface area contributed by atoms with Crippen LogP contribution in [0.5, 0.6) is 23.0 Å². The van der Waals surface area contributed by atoms with Gasteiger partial charge in [-0.25, -0.2) is 0 Å². The standard InChI is InChI=1S/C32H28BrClN2O5/c1-20(37)36-17-25-13-27(34)30(15-29(25)40-18-22-5-2-4-21(12-22)16-35)41-19-24-6-3-7-26(32(24)33)23-8-9-28-31(14-23)39-11-10-38-28/h2-9,12-15,20,36-37H,10-11,17-19H2,1H3. The lowest BCUT2D eigenvalue weighted by atomic mass is 10.0. The summed E-state index contributed by atoms with van der Waals surface area (Å²) in [4.78, 5) is 0. The van der Waals surface area contributed by atoms with Crippen molar-refractivity contribution in [1.82, 2.24) is 5.32 Å². The Labute approximate surface area is 252 Å². The van der Waals surface area contributed by atoms with Crippen LogP contribution in [0.25, 0.3) is 11.1 Å². The molecule has 0 saturated carbocycles. The summed E-state index contributed by atoms with van der Waals surface area (Å²) in [5, 5.41) is 22.4. The van der Waals surface area contributed by atoms with Crippen LogP contribution in [-0.4, -0.2) is 24.5 Å². The molecule has 1 heterocycles. The van der Waals surface area contributed by atoms with Crippen LogP contribution >= 0.6 is 27.5 Å². The summed E-state index contributed by atoms with van der Waals surface area (Å²) in [5.41, 5.74) is 5.11. The van der Waals surface area contributed by atoms with E-state index in [1.54, 1.807) is 31.2 Å². The molecule has 4 aromatic rings. The summed E-state index contributed by atoms with van der Waals surface area (Å²) >= 11 is 10.4. The highest BCUT2D eigenvalue weighted by Crippen LogP contribution is 2.39. The molecule has 5 rings (SSSR count). The molecule has 2 N–H and O–H groups in total. The zero-order valence-electron chi connectivity index (χ0n) is 22.3. The topological polar surface area (TPSA) is 93.0 Å². The fourth-order valence-corrected chi connectivity index (χ4v) is 5.24. The van der Waals surface area contributed by atoms with Gasteiger partial charge in [0.05, 0.1) is 16.7 Å². The van der Waals surface area contributed by atoms with Crippen molar-refractivity contribution in [2.24, 2.45) is 0 Å². The predicted molar refractivity (Wildman–Crippen MR) is 160 cm³/mol. The summed E-state index contributed by atoms with van der Waals surface area (Å²) < 4.78 is 24.7. The summed E-state index contributed by atoms with van der Waals surface area (Å²) in [7, 11) is 0. The molecule has 0 aromatic heterocycles. The van der Waals surface area contributed by atoms with E-state index < -0.39 is 6.23 Å². The molecular formula is C32H28BrClN2O5. The monoisotopic (exact) mass is 634 g/mol. The zero-order valence-corrected chi connectivity index (χ0v) is 24.7. The number of nitrogens with zero attached hydrogens (tertiary/aromatic N) is 1. The molecule has 0 saturated heterocycles. The third-order valence-electron chi connectivity index (χ3n) is 6.47. The van der Waals surface area contributed by atoms with Crippen LogP contribution in [-0.2, 0) is 19.8 Å². The van der Waals surface area contributed by atoms with Crippen LogP contribution in [0.1, 0.15) is 29.2 Å². The maximum Gasteiger partial charge on any atom is 0.161 e. The second-order valence-corrected chi connectivity index (χ2v) is 10.7. The van der Waals surface area contributed by atoms with Crippen LogP contribution < -0.4 is 24.3 Å². The van der Waals surface area contributed by atoms with Crippen molar-refractivity contribution >= 4 is 27.5 Å². The summed E-state index contributed by atoms with van der Waals surface area (Å²) in [6.45, 7) is 3.57. The van der Waals surface area contributed by atoms with E-state index >= 15 is 0 Å². The number of aliphatic hydroxyl groups is 1. The first-order valence-electron chi connectivity index (χ1n) is 13.1. The van der Waals surface area contributed by atoms with Crippen molar-refractivity contribution in [3.05, 3.63) is 105 Å². The molecule has 1 aliphatic rings. The van der Waals surface area contributed by atoms with E-state index in [4.69, 9.17) is 30.5 Å². The molecule has 0 spiro atoms. The van der Waals surface area contributed by atoms with Gasteiger partial charge >= 0.3 is 0 Å². The van der Waals surface area contributed by atoms with Gasteiger partial charge in [-0.05, 0) is 69.9 Å². The quantitative estimate of drug-likeness (QED) is 0.181. The van der Waals surface area contributed by atoms with Gasteiger partial charge in [-0.15, -0.1) is 0 Å². The van der Waals surface area contributed by atoms with Crippen molar-refractivity contribution in [3.63, 3.8) is 0 Å². The van der Waals surface area contributed by atoms with Gasteiger partial charge in [0.2, 0.25) is 0 Å². The van der Waals surface area contributed by atoms with Crippen LogP contribution in [0.15, 0.2) is 77.3 Å². The number of nitriles is 1. The van der Waals surface area contributed by atoms with Crippen molar-refractivity contribution in [3.8, 4) is 40.2 Å². The molecule has 0 aliphatic carbocycles. The molecule has 0 amide bonds. The van der Waals surface area contributed by atoms with E-state index in [-0.39, 0.29) is 13.2 Å². The molecule has 210 valence electrons. The maximum atomic E-state index is 9.74. The van der Waals surface area contributed by atoms with Crippen LogP contribution in [0.2, 0.25) is 5.02 Å². The molecule has 41 heavy (non-hydrogen) atoms. The van der Waals surface area contributed by atoms with E-state index in [2.05, 4.69) is 27.3 Å². The first-order chi connectivity index (χ1) is 19.9. The normalized spacial score (nSPS) is 12.9.